The molecule has 0 aromatic heterocycles. The molecule has 2 nitrogen and oxygen atoms in total. The molecule has 0 bridgehead atoms. The summed E-state index contributed by atoms with van der Waals surface area (Å²) in [5.74, 6) is 0. The standard InChI is InChI=1S/C8H14INO/c1-5-6-7(2)8(9,10-3)11-4/h5-6,10H,2H2,1,3-4H3/b6-5-. The summed E-state index contributed by atoms with van der Waals surface area (Å²) in [7, 11) is 3.49. The summed E-state index contributed by atoms with van der Waals surface area (Å²) in [5, 5.41) is 3.03. The van der Waals surface area contributed by atoms with Gasteiger partial charge in [-0.2, -0.15) is 0 Å². The van der Waals surface area contributed by atoms with Crippen LogP contribution >= 0.6 is 22.6 Å². The van der Waals surface area contributed by atoms with Gasteiger partial charge in [0.05, 0.1) is 0 Å². The molecule has 0 heterocycles. The molecule has 11 heavy (non-hydrogen) atoms. The van der Waals surface area contributed by atoms with Gasteiger partial charge in [-0.15, -0.1) is 0 Å². The fraction of sp³-hybridized carbons (Fsp3) is 0.500. The molecule has 0 aliphatic heterocycles. The van der Waals surface area contributed by atoms with Crippen molar-refractivity contribution >= 4 is 22.6 Å². The van der Waals surface area contributed by atoms with E-state index in [0.717, 1.165) is 5.57 Å². The molecule has 0 spiro atoms. The Labute approximate surface area is 81.8 Å². The summed E-state index contributed by atoms with van der Waals surface area (Å²) in [6.45, 7) is 5.83. The number of hydrogen-bond donors (Lipinski definition) is 1. The van der Waals surface area contributed by atoms with Crippen LogP contribution in [0.3, 0.4) is 0 Å². The Morgan fingerprint density at radius 3 is 2.55 bits per heavy atom. The Bertz CT molecular complexity index is 161. The minimum absolute atomic E-state index is 0.468. The Morgan fingerprint density at radius 2 is 2.27 bits per heavy atom. The molecule has 0 amide bonds. The summed E-state index contributed by atoms with van der Waals surface area (Å²) >= 11 is 2.17. The summed E-state index contributed by atoms with van der Waals surface area (Å²) in [6.07, 6.45) is 3.86. The van der Waals surface area contributed by atoms with Crippen LogP contribution in [0.4, 0.5) is 0 Å². The van der Waals surface area contributed by atoms with Gasteiger partial charge in [0.1, 0.15) is 0 Å². The average Bonchev–Trinajstić information content (AvgIpc) is 2.03. The molecule has 1 unspecified atom stereocenters. The lowest BCUT2D eigenvalue weighted by atomic mass is 10.2. The highest BCUT2D eigenvalue weighted by Gasteiger charge is 2.24. The van der Waals surface area contributed by atoms with E-state index in [1.807, 2.05) is 26.1 Å². The number of halogens is 1. The molecule has 0 rings (SSSR count). The van der Waals surface area contributed by atoms with Gasteiger partial charge in [0.15, 0.2) is 3.73 Å². The summed E-state index contributed by atoms with van der Waals surface area (Å²) in [5.41, 5.74) is 0.908. The van der Waals surface area contributed by atoms with Gasteiger partial charge in [-0.25, -0.2) is 0 Å². The molecule has 0 fully saturated rings. The van der Waals surface area contributed by atoms with Gasteiger partial charge in [-0.05, 0) is 36.6 Å². The minimum Gasteiger partial charge on any atom is -0.351 e. The lowest BCUT2D eigenvalue weighted by molar-refractivity contribution is 0.0979. The number of allylic oxidation sites excluding steroid dienone is 1. The SMILES string of the molecule is C=C(/C=C\C)C(I)(NC)OC. The zero-order valence-electron chi connectivity index (χ0n) is 7.15. The van der Waals surface area contributed by atoms with Crippen LogP contribution in [0, 0.1) is 0 Å². The summed E-state index contributed by atoms with van der Waals surface area (Å²) in [4.78, 5) is 0. The number of rotatable bonds is 4. The molecule has 1 N–H and O–H groups in total. The minimum atomic E-state index is -0.468. The van der Waals surface area contributed by atoms with Crippen LogP contribution in [0.15, 0.2) is 24.3 Å². The van der Waals surface area contributed by atoms with Crippen molar-refractivity contribution in [2.45, 2.75) is 10.7 Å². The van der Waals surface area contributed by atoms with Crippen molar-refractivity contribution in [2.75, 3.05) is 14.2 Å². The van der Waals surface area contributed by atoms with E-state index in [4.69, 9.17) is 4.74 Å². The molecular formula is C8H14INO. The van der Waals surface area contributed by atoms with E-state index in [0.29, 0.717) is 0 Å². The topological polar surface area (TPSA) is 21.3 Å². The van der Waals surface area contributed by atoms with E-state index < -0.39 is 3.73 Å². The van der Waals surface area contributed by atoms with Crippen molar-refractivity contribution in [3.8, 4) is 0 Å². The van der Waals surface area contributed by atoms with Crippen molar-refractivity contribution in [1.29, 1.82) is 0 Å². The van der Waals surface area contributed by atoms with Gasteiger partial charge >= 0.3 is 0 Å². The molecule has 0 saturated carbocycles. The zero-order chi connectivity index (χ0) is 8.91. The highest BCUT2D eigenvalue weighted by atomic mass is 127. The maximum atomic E-state index is 5.23. The van der Waals surface area contributed by atoms with Gasteiger partial charge in [-0.1, -0.05) is 18.7 Å². The van der Waals surface area contributed by atoms with Crippen LogP contribution in [0.1, 0.15) is 6.92 Å². The third kappa shape index (κ3) is 2.92. The van der Waals surface area contributed by atoms with Crippen molar-refractivity contribution in [3.63, 3.8) is 0 Å². The van der Waals surface area contributed by atoms with Gasteiger partial charge in [-0.3, -0.25) is 5.32 Å². The van der Waals surface area contributed by atoms with Gasteiger partial charge < -0.3 is 4.74 Å². The van der Waals surface area contributed by atoms with Crippen LogP contribution in [-0.4, -0.2) is 17.9 Å². The van der Waals surface area contributed by atoms with Crippen LogP contribution in [0.25, 0.3) is 0 Å². The first-order valence-corrected chi connectivity index (χ1v) is 4.43. The Hall–Kier alpha value is 0.130. The quantitative estimate of drug-likeness (QED) is 0.277. The molecule has 3 heteroatoms. The maximum Gasteiger partial charge on any atom is 0.196 e. The van der Waals surface area contributed by atoms with Crippen LogP contribution in [0.5, 0.6) is 0 Å². The van der Waals surface area contributed by atoms with Gasteiger partial charge in [0, 0.05) is 12.7 Å². The number of alkyl halides is 1. The van der Waals surface area contributed by atoms with Crippen molar-refractivity contribution in [1.82, 2.24) is 5.32 Å². The second-order valence-corrected chi connectivity index (χ2v) is 3.59. The van der Waals surface area contributed by atoms with Crippen LogP contribution in [0.2, 0.25) is 0 Å². The highest BCUT2D eigenvalue weighted by Crippen LogP contribution is 2.24. The third-order valence-corrected chi connectivity index (χ3v) is 3.06. The fourth-order valence-electron chi connectivity index (χ4n) is 0.702. The first kappa shape index (κ1) is 11.1. The molecule has 64 valence electrons. The van der Waals surface area contributed by atoms with E-state index in [2.05, 4.69) is 34.5 Å². The number of nitrogens with one attached hydrogen (secondary N) is 1. The predicted molar refractivity (Wildman–Crippen MR) is 56.8 cm³/mol. The number of ether oxygens (including phenoxy) is 1. The van der Waals surface area contributed by atoms with Crippen molar-refractivity contribution in [3.05, 3.63) is 24.3 Å². The predicted octanol–water partition coefficient (Wildman–Crippen LogP) is 2.07. The van der Waals surface area contributed by atoms with Crippen molar-refractivity contribution < 1.29 is 4.74 Å². The lowest BCUT2D eigenvalue weighted by Gasteiger charge is -2.25. The van der Waals surface area contributed by atoms with E-state index in [9.17, 15) is 0 Å². The fourth-order valence-corrected chi connectivity index (χ4v) is 0.882. The molecule has 0 aromatic rings. The van der Waals surface area contributed by atoms with E-state index >= 15 is 0 Å². The second kappa shape index (κ2) is 4.90. The number of methoxy groups -OCH3 is 1. The molecule has 0 saturated heterocycles. The first-order chi connectivity index (χ1) is 5.10. The smallest absolute Gasteiger partial charge is 0.196 e. The Morgan fingerprint density at radius 1 is 1.73 bits per heavy atom. The summed E-state index contributed by atoms with van der Waals surface area (Å²) in [6, 6.07) is 0. The number of likely N-dealkylation sites (N-methyl/N-ethyl adjacent to an activating group) is 1. The largest absolute Gasteiger partial charge is 0.351 e. The molecule has 0 radical (unpaired) electrons. The second-order valence-electron chi connectivity index (χ2n) is 2.07. The third-order valence-electron chi connectivity index (χ3n) is 1.38. The van der Waals surface area contributed by atoms with Gasteiger partial charge in [0.2, 0.25) is 0 Å². The Kier molecular flexibility index (Phi) is 4.96. The first-order valence-electron chi connectivity index (χ1n) is 3.35. The van der Waals surface area contributed by atoms with E-state index in [1.165, 1.54) is 0 Å². The molecule has 1 atom stereocenters. The zero-order valence-corrected chi connectivity index (χ0v) is 9.31. The molecular weight excluding hydrogens is 253 g/mol. The molecule has 0 aliphatic rings. The van der Waals surface area contributed by atoms with Crippen LogP contribution < -0.4 is 5.32 Å². The maximum absolute atomic E-state index is 5.23. The molecule has 0 aliphatic carbocycles. The van der Waals surface area contributed by atoms with Crippen molar-refractivity contribution in [2.24, 2.45) is 0 Å². The normalized spacial score (nSPS) is 16.7. The lowest BCUT2D eigenvalue weighted by Crippen LogP contribution is -2.39. The molecule has 0 aromatic carbocycles. The number of hydrogen-bond acceptors (Lipinski definition) is 2. The average molecular weight is 267 g/mol. The monoisotopic (exact) mass is 267 g/mol. The summed E-state index contributed by atoms with van der Waals surface area (Å²) < 4.78 is 4.76. The Balaban J connectivity index is 4.37. The van der Waals surface area contributed by atoms with E-state index in [-0.39, 0.29) is 0 Å². The van der Waals surface area contributed by atoms with E-state index in [1.54, 1.807) is 7.11 Å². The highest BCUT2D eigenvalue weighted by molar-refractivity contribution is 14.1. The van der Waals surface area contributed by atoms with Crippen LogP contribution in [-0.2, 0) is 4.74 Å². The van der Waals surface area contributed by atoms with Gasteiger partial charge in [0.25, 0.3) is 0 Å².